The highest BCUT2D eigenvalue weighted by Gasteiger charge is 2.31. The van der Waals surface area contributed by atoms with E-state index in [4.69, 9.17) is 9.47 Å². The molecule has 1 aliphatic heterocycles. The van der Waals surface area contributed by atoms with Crippen molar-refractivity contribution in [3.8, 4) is 5.75 Å². The smallest absolute Gasteiger partial charge is 0.218 e. The fraction of sp³-hybridized carbons (Fsp3) is 0.300. The van der Waals surface area contributed by atoms with Crippen LogP contribution in [0.25, 0.3) is 0 Å². The van der Waals surface area contributed by atoms with Crippen molar-refractivity contribution in [2.24, 2.45) is 0 Å². The molecule has 0 bridgehead atoms. The number of rotatable bonds is 7. The molecule has 0 saturated heterocycles. The summed E-state index contributed by atoms with van der Waals surface area (Å²) in [6.07, 6.45) is 3.61. The van der Waals surface area contributed by atoms with Gasteiger partial charge in [0.2, 0.25) is 10.0 Å². The van der Waals surface area contributed by atoms with E-state index in [0.717, 1.165) is 11.1 Å². The van der Waals surface area contributed by atoms with E-state index in [1.807, 2.05) is 60.7 Å². The highest BCUT2D eigenvalue weighted by atomic mass is 32.2. The van der Waals surface area contributed by atoms with E-state index >= 15 is 0 Å². The van der Waals surface area contributed by atoms with Crippen LogP contribution in [-0.2, 0) is 27.9 Å². The molecule has 0 amide bonds. The molecule has 3 rings (SSSR count). The van der Waals surface area contributed by atoms with Crippen LogP contribution in [0.5, 0.6) is 5.75 Å². The Bertz CT molecular complexity index is 849. The monoisotopic (exact) mass is 373 g/mol. The van der Waals surface area contributed by atoms with Crippen LogP contribution >= 0.6 is 0 Å². The minimum Gasteiger partial charge on any atom is -0.497 e. The molecule has 0 aliphatic carbocycles. The van der Waals surface area contributed by atoms with Crippen molar-refractivity contribution >= 4 is 10.0 Å². The van der Waals surface area contributed by atoms with Crippen LogP contribution in [0.1, 0.15) is 11.1 Å². The molecule has 2 aromatic carbocycles. The van der Waals surface area contributed by atoms with Crippen molar-refractivity contribution in [2.75, 3.05) is 19.5 Å². The highest BCUT2D eigenvalue weighted by molar-refractivity contribution is 7.89. The van der Waals surface area contributed by atoms with Gasteiger partial charge in [-0.1, -0.05) is 54.6 Å². The molecule has 1 aliphatic rings. The third kappa shape index (κ3) is 4.72. The second-order valence-electron chi connectivity index (χ2n) is 6.17. The van der Waals surface area contributed by atoms with Gasteiger partial charge in [0.25, 0.3) is 0 Å². The highest BCUT2D eigenvalue weighted by Crippen LogP contribution is 2.22. The van der Waals surface area contributed by atoms with Crippen molar-refractivity contribution in [1.82, 2.24) is 4.31 Å². The Balaban J connectivity index is 1.70. The summed E-state index contributed by atoms with van der Waals surface area (Å²) in [7, 11) is -1.76. The van der Waals surface area contributed by atoms with E-state index < -0.39 is 10.0 Å². The number of hydrogen-bond acceptors (Lipinski definition) is 4. The van der Waals surface area contributed by atoms with Gasteiger partial charge >= 0.3 is 0 Å². The topological polar surface area (TPSA) is 55.8 Å². The van der Waals surface area contributed by atoms with Gasteiger partial charge < -0.3 is 9.47 Å². The summed E-state index contributed by atoms with van der Waals surface area (Å²) in [6.45, 7) is 1.07. The summed E-state index contributed by atoms with van der Waals surface area (Å²) in [6, 6.07) is 17.0. The first kappa shape index (κ1) is 18.6. The second kappa shape index (κ2) is 8.49. The van der Waals surface area contributed by atoms with Crippen molar-refractivity contribution in [3.63, 3.8) is 0 Å². The normalized spacial score (nSPS) is 19.3. The molecule has 0 spiro atoms. The number of ether oxygens (including phenoxy) is 2. The van der Waals surface area contributed by atoms with Gasteiger partial charge in [-0.25, -0.2) is 8.42 Å². The number of hydrogen-bond donors (Lipinski definition) is 0. The van der Waals surface area contributed by atoms with Gasteiger partial charge in [0.15, 0.2) is 0 Å². The molecular formula is C20H23NO4S. The summed E-state index contributed by atoms with van der Waals surface area (Å²) in [5.41, 5.74) is 1.95. The maximum Gasteiger partial charge on any atom is 0.218 e. The van der Waals surface area contributed by atoms with Gasteiger partial charge in [-0.2, -0.15) is 4.31 Å². The fourth-order valence-electron chi connectivity index (χ4n) is 2.91. The van der Waals surface area contributed by atoms with Crippen molar-refractivity contribution in [1.29, 1.82) is 0 Å². The van der Waals surface area contributed by atoms with E-state index in [9.17, 15) is 8.42 Å². The maximum absolute atomic E-state index is 12.6. The molecule has 1 atom stereocenters. The minimum absolute atomic E-state index is 0.0200. The quantitative estimate of drug-likeness (QED) is 0.700. The zero-order valence-corrected chi connectivity index (χ0v) is 15.6. The van der Waals surface area contributed by atoms with E-state index in [1.165, 1.54) is 4.31 Å². The Hall–Kier alpha value is -2.15. The van der Waals surface area contributed by atoms with Gasteiger partial charge in [0.05, 0.1) is 32.1 Å². The molecule has 0 aromatic heterocycles. The lowest BCUT2D eigenvalue weighted by molar-refractivity contribution is 0.0889. The van der Waals surface area contributed by atoms with E-state index in [0.29, 0.717) is 25.5 Å². The first-order chi connectivity index (χ1) is 12.6. The third-order valence-electron chi connectivity index (χ3n) is 4.27. The molecule has 26 heavy (non-hydrogen) atoms. The zero-order chi connectivity index (χ0) is 18.4. The van der Waals surface area contributed by atoms with Crippen LogP contribution < -0.4 is 4.74 Å². The summed E-state index contributed by atoms with van der Waals surface area (Å²) in [4.78, 5) is 0. The third-order valence-corrected chi connectivity index (χ3v) is 5.99. The van der Waals surface area contributed by atoms with Crippen molar-refractivity contribution in [2.45, 2.75) is 19.2 Å². The Kier molecular flexibility index (Phi) is 6.08. The van der Waals surface area contributed by atoms with E-state index in [2.05, 4.69) is 0 Å². The number of methoxy groups -OCH3 is 1. The standard InChI is InChI=1S/C20H23NO4S/c1-24-20-11-5-9-18(13-20)14-21-19(10-6-12-26(21,22)23)16-25-15-17-7-3-2-4-8-17/h2-11,13,19H,12,14-16H2,1H3/t19-/m0/s1. The first-order valence-corrected chi connectivity index (χ1v) is 10.1. The molecule has 6 heteroatoms. The van der Waals surface area contributed by atoms with Crippen molar-refractivity contribution < 1.29 is 17.9 Å². The molecule has 0 N–H and O–H groups in total. The number of benzene rings is 2. The second-order valence-corrected chi connectivity index (χ2v) is 8.14. The Labute approximate surface area is 154 Å². The van der Waals surface area contributed by atoms with Gasteiger partial charge in [-0.3, -0.25) is 0 Å². The van der Waals surface area contributed by atoms with Crippen LogP contribution in [0.4, 0.5) is 0 Å². The molecule has 1 heterocycles. The van der Waals surface area contributed by atoms with Gasteiger partial charge in [-0.15, -0.1) is 0 Å². The van der Waals surface area contributed by atoms with Gasteiger partial charge in [0, 0.05) is 6.54 Å². The van der Waals surface area contributed by atoms with Crippen LogP contribution in [0, 0.1) is 0 Å². The van der Waals surface area contributed by atoms with Crippen molar-refractivity contribution in [3.05, 3.63) is 77.9 Å². The zero-order valence-electron chi connectivity index (χ0n) is 14.7. The summed E-state index contributed by atoms with van der Waals surface area (Å²) < 4.78 is 37.7. The van der Waals surface area contributed by atoms with Crippen LogP contribution in [0.15, 0.2) is 66.7 Å². The predicted octanol–water partition coefficient (Wildman–Crippen LogP) is 2.98. The minimum atomic E-state index is -3.36. The maximum atomic E-state index is 12.6. The molecule has 0 saturated carbocycles. The van der Waals surface area contributed by atoms with Crippen LogP contribution in [0.2, 0.25) is 0 Å². The molecule has 138 valence electrons. The van der Waals surface area contributed by atoms with Gasteiger partial charge in [0.1, 0.15) is 5.75 Å². The Morgan fingerprint density at radius 1 is 1.08 bits per heavy atom. The average Bonchev–Trinajstić information content (AvgIpc) is 2.65. The average molecular weight is 373 g/mol. The molecule has 0 fully saturated rings. The lowest BCUT2D eigenvalue weighted by Gasteiger charge is -2.31. The molecule has 2 aromatic rings. The van der Waals surface area contributed by atoms with E-state index in [-0.39, 0.29) is 11.8 Å². The lowest BCUT2D eigenvalue weighted by Crippen LogP contribution is -2.44. The SMILES string of the molecule is COc1cccc(CN2[C@H](COCc3ccccc3)C=CCS2(=O)=O)c1. The van der Waals surface area contributed by atoms with Gasteiger partial charge in [-0.05, 0) is 23.3 Å². The Morgan fingerprint density at radius 2 is 1.85 bits per heavy atom. The van der Waals surface area contributed by atoms with Crippen LogP contribution in [-0.4, -0.2) is 38.2 Å². The molecule has 5 nitrogen and oxygen atoms in total. The molecular weight excluding hydrogens is 350 g/mol. The fourth-order valence-corrected chi connectivity index (χ4v) is 4.34. The summed E-state index contributed by atoms with van der Waals surface area (Å²) in [5, 5.41) is 0. The summed E-state index contributed by atoms with van der Waals surface area (Å²) >= 11 is 0. The summed E-state index contributed by atoms with van der Waals surface area (Å²) in [5.74, 6) is 0.732. The number of sulfonamides is 1. The Morgan fingerprint density at radius 3 is 2.62 bits per heavy atom. The predicted molar refractivity (Wildman–Crippen MR) is 101 cm³/mol. The van der Waals surface area contributed by atoms with Crippen LogP contribution in [0.3, 0.4) is 0 Å². The molecule has 0 radical (unpaired) electrons. The first-order valence-electron chi connectivity index (χ1n) is 8.49. The largest absolute Gasteiger partial charge is 0.497 e. The molecule has 0 unspecified atom stereocenters. The van der Waals surface area contributed by atoms with E-state index in [1.54, 1.807) is 13.2 Å². The lowest BCUT2D eigenvalue weighted by atomic mass is 10.2. The number of nitrogens with zero attached hydrogens (tertiary/aromatic N) is 1.